The summed E-state index contributed by atoms with van der Waals surface area (Å²) in [5.74, 6) is 0.915. The molecule has 0 spiro atoms. The quantitative estimate of drug-likeness (QED) is 0.760. The largest absolute Gasteiger partial charge is 0.361 e. The molecule has 0 aromatic carbocycles. The zero-order valence-corrected chi connectivity index (χ0v) is 10.00. The third-order valence-corrected chi connectivity index (χ3v) is 2.55. The summed E-state index contributed by atoms with van der Waals surface area (Å²) in [6.45, 7) is 5.70. The second kappa shape index (κ2) is 4.47. The van der Waals surface area contributed by atoms with Gasteiger partial charge in [0.15, 0.2) is 0 Å². The molecule has 1 amide bonds. The van der Waals surface area contributed by atoms with E-state index in [0.29, 0.717) is 6.42 Å². The molecule has 15 heavy (non-hydrogen) atoms. The van der Waals surface area contributed by atoms with Gasteiger partial charge in [0, 0.05) is 25.6 Å². The Morgan fingerprint density at radius 3 is 2.47 bits per heavy atom. The Hall–Kier alpha value is -1.32. The van der Waals surface area contributed by atoms with Crippen molar-refractivity contribution in [3.05, 3.63) is 17.0 Å². The van der Waals surface area contributed by atoms with Crippen molar-refractivity contribution in [3.63, 3.8) is 0 Å². The van der Waals surface area contributed by atoms with E-state index in [4.69, 9.17) is 4.52 Å². The number of carbonyl (C=O) groups excluding carboxylic acids is 1. The monoisotopic (exact) mass is 210 g/mol. The van der Waals surface area contributed by atoms with Crippen LogP contribution in [0.5, 0.6) is 0 Å². The van der Waals surface area contributed by atoms with Crippen molar-refractivity contribution < 1.29 is 9.32 Å². The van der Waals surface area contributed by atoms with Gasteiger partial charge in [-0.25, -0.2) is 0 Å². The fraction of sp³-hybridized carbons (Fsp3) is 0.636. The molecule has 0 saturated carbocycles. The number of aryl methyl sites for hydroxylation is 2. The molecule has 84 valence electrons. The lowest BCUT2D eigenvalue weighted by Gasteiger charge is -2.16. The molecule has 0 aliphatic rings. The zero-order chi connectivity index (χ0) is 11.6. The van der Waals surface area contributed by atoms with E-state index < -0.39 is 0 Å². The minimum Gasteiger partial charge on any atom is -0.361 e. The van der Waals surface area contributed by atoms with Crippen LogP contribution in [0.1, 0.15) is 23.9 Å². The number of hydrogen-bond acceptors (Lipinski definition) is 3. The summed E-state index contributed by atoms with van der Waals surface area (Å²) in [7, 11) is 3.54. The number of aromatic nitrogens is 1. The number of hydrogen-bond donors (Lipinski definition) is 0. The Morgan fingerprint density at radius 1 is 1.47 bits per heavy atom. The third kappa shape index (κ3) is 2.58. The molecule has 0 bridgehead atoms. The van der Waals surface area contributed by atoms with Crippen molar-refractivity contribution in [1.82, 2.24) is 10.1 Å². The highest BCUT2D eigenvalue weighted by Gasteiger charge is 2.19. The number of rotatable bonds is 3. The Balaban J connectivity index is 2.74. The molecule has 4 nitrogen and oxygen atoms in total. The van der Waals surface area contributed by atoms with Gasteiger partial charge in [-0.3, -0.25) is 4.79 Å². The number of amides is 1. The molecule has 1 rings (SSSR count). The maximum Gasteiger partial charge on any atom is 0.225 e. The van der Waals surface area contributed by atoms with E-state index in [1.165, 1.54) is 0 Å². The Morgan fingerprint density at radius 2 is 2.07 bits per heavy atom. The molecule has 0 fully saturated rings. The van der Waals surface area contributed by atoms with Crippen LogP contribution in [-0.4, -0.2) is 30.1 Å². The lowest BCUT2D eigenvalue weighted by Crippen LogP contribution is -2.29. The summed E-state index contributed by atoms with van der Waals surface area (Å²) in [4.78, 5) is 13.3. The molecule has 0 N–H and O–H groups in total. The van der Waals surface area contributed by atoms with Crippen LogP contribution >= 0.6 is 0 Å². The molecule has 0 aliphatic carbocycles. The van der Waals surface area contributed by atoms with Crippen LogP contribution in [0.15, 0.2) is 4.52 Å². The van der Waals surface area contributed by atoms with Gasteiger partial charge in [0.2, 0.25) is 5.91 Å². The molecule has 1 atom stereocenters. The molecule has 0 saturated heterocycles. The van der Waals surface area contributed by atoms with Crippen LogP contribution < -0.4 is 0 Å². The summed E-state index contributed by atoms with van der Waals surface area (Å²) >= 11 is 0. The summed E-state index contributed by atoms with van der Waals surface area (Å²) in [6.07, 6.45) is 0.693. The van der Waals surface area contributed by atoms with Gasteiger partial charge < -0.3 is 9.42 Å². The highest BCUT2D eigenvalue weighted by molar-refractivity contribution is 5.78. The van der Waals surface area contributed by atoms with E-state index in [0.717, 1.165) is 17.0 Å². The van der Waals surface area contributed by atoms with Crippen LogP contribution in [0.2, 0.25) is 0 Å². The normalized spacial score (nSPS) is 12.6. The maximum atomic E-state index is 11.7. The van der Waals surface area contributed by atoms with Crippen molar-refractivity contribution in [1.29, 1.82) is 0 Å². The van der Waals surface area contributed by atoms with Gasteiger partial charge in [-0.2, -0.15) is 0 Å². The fourth-order valence-corrected chi connectivity index (χ4v) is 1.63. The summed E-state index contributed by atoms with van der Waals surface area (Å²) in [6, 6.07) is 0. The average Bonchev–Trinajstić information content (AvgIpc) is 2.47. The smallest absolute Gasteiger partial charge is 0.225 e. The van der Waals surface area contributed by atoms with Crippen molar-refractivity contribution in [3.8, 4) is 0 Å². The van der Waals surface area contributed by atoms with E-state index in [1.54, 1.807) is 19.0 Å². The number of nitrogens with zero attached hydrogens (tertiary/aromatic N) is 2. The maximum absolute atomic E-state index is 11.7. The van der Waals surface area contributed by atoms with Gasteiger partial charge in [0.1, 0.15) is 5.76 Å². The second-order valence-corrected chi connectivity index (χ2v) is 4.14. The minimum absolute atomic E-state index is 0.0307. The SMILES string of the molecule is Cc1noc(C)c1CC(C)C(=O)N(C)C. The first-order valence-corrected chi connectivity index (χ1v) is 5.06. The molecular formula is C11H18N2O2. The molecule has 1 unspecified atom stereocenters. The van der Waals surface area contributed by atoms with Crippen LogP contribution in [0.4, 0.5) is 0 Å². The molecule has 4 heteroatoms. The second-order valence-electron chi connectivity index (χ2n) is 4.14. The van der Waals surface area contributed by atoms with E-state index in [1.807, 2.05) is 20.8 Å². The minimum atomic E-state index is -0.0307. The Bertz CT molecular complexity index is 336. The Kier molecular flexibility index (Phi) is 3.50. The van der Waals surface area contributed by atoms with Crippen molar-refractivity contribution in [2.24, 2.45) is 5.92 Å². The lowest BCUT2D eigenvalue weighted by molar-refractivity contribution is -0.132. The molecule has 0 radical (unpaired) electrons. The summed E-state index contributed by atoms with van der Waals surface area (Å²) in [5, 5.41) is 3.87. The summed E-state index contributed by atoms with van der Waals surface area (Å²) in [5.41, 5.74) is 1.93. The number of carbonyl (C=O) groups is 1. The van der Waals surface area contributed by atoms with E-state index in [9.17, 15) is 4.79 Å². The first kappa shape index (κ1) is 11.8. The predicted octanol–water partition coefficient (Wildman–Crippen LogP) is 1.56. The van der Waals surface area contributed by atoms with Crippen LogP contribution in [0, 0.1) is 19.8 Å². The predicted molar refractivity (Wildman–Crippen MR) is 57.5 cm³/mol. The first-order valence-electron chi connectivity index (χ1n) is 5.06. The first-order chi connectivity index (χ1) is 6.93. The van der Waals surface area contributed by atoms with Gasteiger partial charge in [0.25, 0.3) is 0 Å². The average molecular weight is 210 g/mol. The van der Waals surface area contributed by atoms with Crippen molar-refractivity contribution >= 4 is 5.91 Å². The fourth-order valence-electron chi connectivity index (χ4n) is 1.63. The standard InChI is InChI=1S/C11H18N2O2/c1-7(11(14)13(4)5)6-10-8(2)12-15-9(10)3/h7H,6H2,1-5H3. The molecule has 1 aromatic rings. The van der Waals surface area contributed by atoms with Gasteiger partial charge in [-0.15, -0.1) is 0 Å². The topological polar surface area (TPSA) is 46.3 Å². The third-order valence-electron chi connectivity index (χ3n) is 2.55. The molecule has 1 heterocycles. The summed E-state index contributed by atoms with van der Waals surface area (Å²) < 4.78 is 5.06. The van der Waals surface area contributed by atoms with Crippen LogP contribution in [0.3, 0.4) is 0 Å². The van der Waals surface area contributed by atoms with Crippen molar-refractivity contribution in [2.75, 3.05) is 14.1 Å². The van der Waals surface area contributed by atoms with E-state index in [-0.39, 0.29) is 11.8 Å². The highest BCUT2D eigenvalue weighted by atomic mass is 16.5. The zero-order valence-electron chi connectivity index (χ0n) is 10.00. The molecular weight excluding hydrogens is 192 g/mol. The van der Waals surface area contributed by atoms with Crippen molar-refractivity contribution in [2.45, 2.75) is 27.2 Å². The van der Waals surface area contributed by atoms with E-state index in [2.05, 4.69) is 5.16 Å². The van der Waals surface area contributed by atoms with Crippen LogP contribution in [0.25, 0.3) is 0 Å². The van der Waals surface area contributed by atoms with Gasteiger partial charge in [0.05, 0.1) is 5.69 Å². The lowest BCUT2D eigenvalue weighted by atomic mass is 9.99. The van der Waals surface area contributed by atoms with Gasteiger partial charge in [-0.1, -0.05) is 12.1 Å². The Labute approximate surface area is 90.2 Å². The van der Waals surface area contributed by atoms with E-state index >= 15 is 0 Å². The van der Waals surface area contributed by atoms with Gasteiger partial charge >= 0.3 is 0 Å². The highest BCUT2D eigenvalue weighted by Crippen LogP contribution is 2.17. The molecule has 1 aromatic heterocycles. The van der Waals surface area contributed by atoms with Gasteiger partial charge in [-0.05, 0) is 20.3 Å². The molecule has 0 aliphatic heterocycles. The van der Waals surface area contributed by atoms with Crippen LogP contribution in [-0.2, 0) is 11.2 Å².